The smallest absolute Gasteiger partial charge is 0.462 e. The molecule has 0 heterocycles. The van der Waals surface area contributed by atoms with Gasteiger partial charge in [-0.2, -0.15) is 0 Å². The summed E-state index contributed by atoms with van der Waals surface area (Å²) in [6.45, 7) is 3.79. The van der Waals surface area contributed by atoms with E-state index in [1.807, 2.05) is 0 Å². The van der Waals surface area contributed by atoms with E-state index in [1.165, 1.54) is 283 Å². The number of nitrogens with two attached hydrogens (primary N) is 1. The normalized spacial score (nSPS) is 13.1. The van der Waals surface area contributed by atoms with Crippen molar-refractivity contribution in [3.63, 3.8) is 0 Å². The molecule has 2 unspecified atom stereocenters. The van der Waals surface area contributed by atoms with Gasteiger partial charge in [0.1, 0.15) is 6.61 Å². The Hall–Kier alpha value is -1.51. The summed E-state index contributed by atoms with van der Waals surface area (Å²) in [6, 6.07) is 0. The standard InChI is InChI=1S/C66H128NO8P/c1-3-5-7-9-11-13-15-17-19-20-21-22-23-24-25-26-27-28-29-30-31-32-33-34-35-36-37-38-39-40-41-42-43-44-45-47-49-51-53-55-57-59-66(69)75-64(63-74-76(70,71)73-61-60-67)62-72-65(68)58-56-54-52-50-48-46-18-16-14-12-10-8-6-4-2/h15,17,20-21,64H,3-14,16,18-19,22-63,67H2,1-2H3,(H,70,71)/b17-15-,21-20-. The Balaban J connectivity index is 3.69. The molecule has 0 amide bonds. The number of phosphoric acid groups is 1. The SMILES string of the molecule is CCCCCCC/C=C\C/C=C\CCCCCCCCCCCCCCCCCCCCCCCCCCCCCCCC(=O)OC(COC(=O)CCCCCCCCCCCCCCCC)COP(=O)(O)OCCN. The Bertz CT molecular complexity index is 1290. The number of ether oxygens (including phenoxy) is 2. The zero-order chi connectivity index (χ0) is 55.2. The molecule has 0 bridgehead atoms. The van der Waals surface area contributed by atoms with Gasteiger partial charge < -0.3 is 20.1 Å². The van der Waals surface area contributed by atoms with Gasteiger partial charge in [0.2, 0.25) is 0 Å². The van der Waals surface area contributed by atoms with Crippen LogP contribution in [-0.2, 0) is 32.7 Å². The maximum atomic E-state index is 12.7. The number of esters is 2. The van der Waals surface area contributed by atoms with Crippen molar-refractivity contribution in [2.45, 2.75) is 360 Å². The number of rotatable bonds is 64. The third-order valence-corrected chi connectivity index (χ3v) is 16.1. The second-order valence-corrected chi connectivity index (χ2v) is 24.2. The van der Waals surface area contributed by atoms with Crippen LogP contribution in [0.15, 0.2) is 24.3 Å². The van der Waals surface area contributed by atoms with E-state index < -0.39 is 26.5 Å². The van der Waals surface area contributed by atoms with Gasteiger partial charge in [-0.15, -0.1) is 0 Å². The van der Waals surface area contributed by atoms with Gasteiger partial charge in [-0.3, -0.25) is 18.6 Å². The fourth-order valence-electron chi connectivity index (χ4n) is 10.1. The van der Waals surface area contributed by atoms with Crippen molar-refractivity contribution in [1.29, 1.82) is 0 Å². The van der Waals surface area contributed by atoms with E-state index in [-0.39, 0.29) is 38.6 Å². The monoisotopic (exact) mass is 1090 g/mol. The highest BCUT2D eigenvalue weighted by molar-refractivity contribution is 7.47. The first-order valence-corrected chi connectivity index (χ1v) is 34.8. The highest BCUT2D eigenvalue weighted by Gasteiger charge is 2.26. The lowest BCUT2D eigenvalue weighted by molar-refractivity contribution is -0.161. The molecule has 0 aliphatic heterocycles. The molecule has 0 aliphatic rings. The summed E-state index contributed by atoms with van der Waals surface area (Å²) in [7, 11) is -4.38. The van der Waals surface area contributed by atoms with Crippen molar-refractivity contribution in [2.75, 3.05) is 26.4 Å². The predicted molar refractivity (Wildman–Crippen MR) is 326 cm³/mol. The first kappa shape index (κ1) is 74.5. The van der Waals surface area contributed by atoms with Crippen LogP contribution < -0.4 is 5.73 Å². The highest BCUT2D eigenvalue weighted by Crippen LogP contribution is 2.43. The number of carbonyl (C=O) groups is 2. The lowest BCUT2D eigenvalue weighted by atomic mass is 10.0. The largest absolute Gasteiger partial charge is 0.472 e. The maximum absolute atomic E-state index is 12.7. The van der Waals surface area contributed by atoms with Crippen LogP contribution in [0.2, 0.25) is 0 Å². The molecule has 0 aliphatic carbocycles. The molecular weight excluding hydrogens is 966 g/mol. The fourth-order valence-corrected chi connectivity index (χ4v) is 10.9. The first-order chi connectivity index (χ1) is 37.3. The molecular formula is C66H128NO8P. The minimum atomic E-state index is -4.38. The van der Waals surface area contributed by atoms with Crippen LogP contribution in [0.25, 0.3) is 0 Å². The summed E-state index contributed by atoms with van der Waals surface area (Å²) in [4.78, 5) is 35.2. The van der Waals surface area contributed by atoms with Crippen LogP contribution >= 0.6 is 7.82 Å². The zero-order valence-electron chi connectivity index (χ0n) is 50.5. The molecule has 0 spiro atoms. The molecule has 0 saturated carbocycles. The number of carbonyl (C=O) groups excluding carboxylic acids is 2. The topological polar surface area (TPSA) is 134 Å². The van der Waals surface area contributed by atoms with Gasteiger partial charge in [0.05, 0.1) is 13.2 Å². The number of allylic oxidation sites excluding steroid dienone is 4. The number of phosphoric ester groups is 1. The molecule has 450 valence electrons. The van der Waals surface area contributed by atoms with Gasteiger partial charge in [0.25, 0.3) is 0 Å². The van der Waals surface area contributed by atoms with Gasteiger partial charge in [-0.05, 0) is 44.9 Å². The maximum Gasteiger partial charge on any atom is 0.472 e. The Morgan fingerprint density at radius 3 is 1.00 bits per heavy atom. The molecule has 0 aromatic heterocycles. The van der Waals surface area contributed by atoms with Crippen LogP contribution in [0, 0.1) is 0 Å². The molecule has 0 aromatic carbocycles. The van der Waals surface area contributed by atoms with E-state index in [0.717, 1.165) is 38.5 Å². The van der Waals surface area contributed by atoms with Gasteiger partial charge in [0, 0.05) is 19.4 Å². The lowest BCUT2D eigenvalue weighted by Crippen LogP contribution is -2.29. The molecule has 0 rings (SSSR count). The minimum absolute atomic E-state index is 0.0575. The van der Waals surface area contributed by atoms with Crippen molar-refractivity contribution < 1.29 is 37.6 Å². The van der Waals surface area contributed by atoms with Crippen LogP contribution in [0.5, 0.6) is 0 Å². The minimum Gasteiger partial charge on any atom is -0.462 e. The van der Waals surface area contributed by atoms with Crippen molar-refractivity contribution in [3.8, 4) is 0 Å². The van der Waals surface area contributed by atoms with E-state index in [4.69, 9.17) is 24.3 Å². The average molecular weight is 1090 g/mol. The molecule has 3 N–H and O–H groups in total. The molecule has 10 heteroatoms. The summed E-state index contributed by atoms with van der Waals surface area (Å²) in [5, 5.41) is 0. The molecule has 0 fully saturated rings. The Morgan fingerprint density at radius 1 is 0.395 bits per heavy atom. The van der Waals surface area contributed by atoms with Gasteiger partial charge >= 0.3 is 19.8 Å². The Kier molecular flexibility index (Phi) is 61.4. The second-order valence-electron chi connectivity index (χ2n) is 22.7. The van der Waals surface area contributed by atoms with Crippen molar-refractivity contribution >= 4 is 19.8 Å². The highest BCUT2D eigenvalue weighted by atomic mass is 31.2. The average Bonchev–Trinajstić information content (AvgIpc) is 3.41. The van der Waals surface area contributed by atoms with E-state index in [9.17, 15) is 19.0 Å². The van der Waals surface area contributed by atoms with Gasteiger partial charge in [-0.25, -0.2) is 4.57 Å². The molecule has 0 saturated heterocycles. The zero-order valence-corrected chi connectivity index (χ0v) is 51.4. The van der Waals surface area contributed by atoms with Gasteiger partial charge in [-0.1, -0.05) is 321 Å². The van der Waals surface area contributed by atoms with E-state index >= 15 is 0 Å². The Morgan fingerprint density at radius 2 is 0.684 bits per heavy atom. The molecule has 9 nitrogen and oxygen atoms in total. The van der Waals surface area contributed by atoms with Crippen LogP contribution in [0.4, 0.5) is 0 Å². The number of hydrogen-bond acceptors (Lipinski definition) is 8. The molecule has 76 heavy (non-hydrogen) atoms. The van der Waals surface area contributed by atoms with Crippen LogP contribution in [0.3, 0.4) is 0 Å². The third kappa shape index (κ3) is 61.7. The number of hydrogen-bond donors (Lipinski definition) is 2. The van der Waals surface area contributed by atoms with Gasteiger partial charge in [0.15, 0.2) is 6.10 Å². The molecule has 2 atom stereocenters. The predicted octanol–water partition coefficient (Wildman–Crippen LogP) is 21.4. The quantitative estimate of drug-likeness (QED) is 0.0264. The Labute approximate surface area is 472 Å². The van der Waals surface area contributed by atoms with Crippen LogP contribution in [-0.4, -0.2) is 49.3 Å². The first-order valence-electron chi connectivity index (χ1n) is 33.3. The van der Waals surface area contributed by atoms with Crippen molar-refractivity contribution in [1.82, 2.24) is 0 Å². The summed E-state index contributed by atoms with van der Waals surface area (Å²) in [5.74, 6) is -0.806. The molecule has 0 radical (unpaired) electrons. The summed E-state index contributed by atoms with van der Waals surface area (Å²) in [6.07, 6.45) is 75.8. The van der Waals surface area contributed by atoms with E-state index in [0.29, 0.717) is 6.42 Å². The molecule has 0 aromatic rings. The summed E-state index contributed by atoms with van der Waals surface area (Å²) >= 11 is 0. The van der Waals surface area contributed by atoms with E-state index in [1.54, 1.807) is 0 Å². The third-order valence-electron chi connectivity index (χ3n) is 15.1. The van der Waals surface area contributed by atoms with Crippen LogP contribution in [0.1, 0.15) is 354 Å². The summed E-state index contributed by atoms with van der Waals surface area (Å²) < 4.78 is 33.0. The lowest BCUT2D eigenvalue weighted by Gasteiger charge is -2.19. The van der Waals surface area contributed by atoms with Crippen molar-refractivity contribution in [2.24, 2.45) is 5.73 Å². The van der Waals surface area contributed by atoms with E-state index in [2.05, 4.69) is 38.2 Å². The second kappa shape index (κ2) is 62.7. The van der Waals surface area contributed by atoms with Crippen molar-refractivity contribution in [3.05, 3.63) is 24.3 Å². The summed E-state index contributed by atoms with van der Waals surface area (Å²) in [5.41, 5.74) is 5.38. The number of unbranched alkanes of at least 4 members (excludes halogenated alkanes) is 47. The fraction of sp³-hybridized carbons (Fsp3) is 0.909.